The largest absolute Gasteiger partial charge is 0.399 e. The zero-order chi connectivity index (χ0) is 11.8. The first kappa shape index (κ1) is 10.6. The Kier molecular flexibility index (Phi) is 2.52. The molecule has 1 aliphatic rings. The van der Waals surface area contributed by atoms with Crippen LogP contribution in [0.25, 0.3) is 11.0 Å². The number of hydrogen-bond acceptors (Lipinski definition) is 3. The minimum absolute atomic E-state index is 0.337. The summed E-state index contributed by atoms with van der Waals surface area (Å²) < 4.78 is 7.91. The van der Waals surface area contributed by atoms with Crippen LogP contribution in [0.2, 0.25) is 0 Å². The lowest BCUT2D eigenvalue weighted by molar-refractivity contribution is 0.0974. The van der Waals surface area contributed by atoms with E-state index in [1.807, 2.05) is 25.1 Å². The number of nitrogen functional groups attached to an aromatic ring is 1. The van der Waals surface area contributed by atoms with Crippen molar-refractivity contribution in [1.82, 2.24) is 9.55 Å². The topological polar surface area (TPSA) is 53.1 Å². The Morgan fingerprint density at radius 3 is 3.18 bits per heavy atom. The van der Waals surface area contributed by atoms with Crippen molar-refractivity contribution in [3.63, 3.8) is 0 Å². The summed E-state index contributed by atoms with van der Waals surface area (Å²) in [6.45, 7) is 3.82. The fraction of sp³-hybridized carbons (Fsp3) is 0.462. The first-order chi connectivity index (χ1) is 8.24. The van der Waals surface area contributed by atoms with Crippen LogP contribution in [-0.2, 0) is 11.3 Å². The fourth-order valence-electron chi connectivity index (χ4n) is 2.49. The summed E-state index contributed by atoms with van der Waals surface area (Å²) in [6.07, 6.45) is 2.65. The maximum atomic E-state index is 5.77. The number of fused-ring (bicyclic) bond motifs is 1. The molecule has 2 N–H and O–H groups in total. The van der Waals surface area contributed by atoms with E-state index in [0.29, 0.717) is 6.10 Å². The Morgan fingerprint density at radius 2 is 2.41 bits per heavy atom. The average Bonchev–Trinajstić information content (AvgIpc) is 2.88. The summed E-state index contributed by atoms with van der Waals surface area (Å²) in [7, 11) is 0. The maximum absolute atomic E-state index is 5.77. The molecule has 1 fully saturated rings. The zero-order valence-corrected chi connectivity index (χ0v) is 10.0. The summed E-state index contributed by atoms with van der Waals surface area (Å²) in [4.78, 5) is 4.54. The molecule has 3 rings (SSSR count). The van der Waals surface area contributed by atoms with E-state index in [4.69, 9.17) is 10.5 Å². The van der Waals surface area contributed by atoms with Crippen LogP contribution in [0.4, 0.5) is 5.69 Å². The normalized spacial score (nSPS) is 20.2. The number of hydrogen-bond donors (Lipinski definition) is 1. The lowest BCUT2D eigenvalue weighted by Gasteiger charge is -2.12. The lowest BCUT2D eigenvalue weighted by atomic mass is 10.2. The van der Waals surface area contributed by atoms with Gasteiger partial charge in [0.25, 0.3) is 0 Å². The highest BCUT2D eigenvalue weighted by atomic mass is 16.5. The summed E-state index contributed by atoms with van der Waals surface area (Å²) >= 11 is 0. The van der Waals surface area contributed by atoms with Crippen molar-refractivity contribution in [3.8, 4) is 0 Å². The van der Waals surface area contributed by atoms with Crippen LogP contribution in [0.1, 0.15) is 18.7 Å². The second-order valence-electron chi connectivity index (χ2n) is 4.65. The predicted molar refractivity (Wildman–Crippen MR) is 67.9 cm³/mol. The molecule has 0 spiro atoms. The molecule has 4 heteroatoms. The Labute approximate surface area is 100 Å². The van der Waals surface area contributed by atoms with Crippen LogP contribution in [-0.4, -0.2) is 22.3 Å². The Bertz CT molecular complexity index is 541. The third kappa shape index (κ3) is 1.89. The quantitative estimate of drug-likeness (QED) is 0.805. The van der Waals surface area contributed by atoms with E-state index < -0.39 is 0 Å². The number of rotatable bonds is 2. The van der Waals surface area contributed by atoms with Crippen molar-refractivity contribution < 1.29 is 4.74 Å². The monoisotopic (exact) mass is 231 g/mol. The highest BCUT2D eigenvalue weighted by Crippen LogP contribution is 2.22. The van der Waals surface area contributed by atoms with Gasteiger partial charge in [-0.1, -0.05) is 0 Å². The molecule has 17 heavy (non-hydrogen) atoms. The molecule has 2 aromatic rings. The van der Waals surface area contributed by atoms with Gasteiger partial charge in [-0.25, -0.2) is 4.98 Å². The number of aryl methyl sites for hydroxylation is 1. The average molecular weight is 231 g/mol. The van der Waals surface area contributed by atoms with Gasteiger partial charge in [-0.3, -0.25) is 0 Å². The number of anilines is 1. The smallest absolute Gasteiger partial charge is 0.106 e. The standard InChI is InChI=1S/C13H17N3O/c1-9-15-12-7-10(14)4-5-13(12)16(9)8-11-3-2-6-17-11/h4-5,7,11H,2-3,6,8,14H2,1H3. The number of aromatic nitrogens is 2. The van der Waals surface area contributed by atoms with Crippen molar-refractivity contribution in [2.24, 2.45) is 0 Å². The van der Waals surface area contributed by atoms with Gasteiger partial charge >= 0.3 is 0 Å². The molecule has 1 atom stereocenters. The lowest BCUT2D eigenvalue weighted by Crippen LogP contribution is -2.15. The molecule has 0 saturated carbocycles. The van der Waals surface area contributed by atoms with Crippen molar-refractivity contribution in [3.05, 3.63) is 24.0 Å². The second-order valence-corrected chi connectivity index (χ2v) is 4.65. The number of nitrogens with zero attached hydrogens (tertiary/aromatic N) is 2. The minimum Gasteiger partial charge on any atom is -0.399 e. The van der Waals surface area contributed by atoms with Crippen molar-refractivity contribution >= 4 is 16.7 Å². The van der Waals surface area contributed by atoms with E-state index in [1.165, 1.54) is 6.42 Å². The summed E-state index contributed by atoms with van der Waals surface area (Å²) in [5.41, 5.74) is 8.65. The van der Waals surface area contributed by atoms with E-state index in [9.17, 15) is 0 Å². The first-order valence-corrected chi connectivity index (χ1v) is 6.08. The predicted octanol–water partition coefficient (Wildman–Crippen LogP) is 2.11. The Balaban J connectivity index is 1.99. The molecule has 1 aromatic heterocycles. The third-order valence-electron chi connectivity index (χ3n) is 3.37. The molecule has 4 nitrogen and oxygen atoms in total. The van der Waals surface area contributed by atoms with Gasteiger partial charge in [0.15, 0.2) is 0 Å². The molecule has 1 saturated heterocycles. The van der Waals surface area contributed by atoms with Gasteiger partial charge in [-0.2, -0.15) is 0 Å². The van der Waals surface area contributed by atoms with Gasteiger partial charge in [0.1, 0.15) is 5.82 Å². The van der Waals surface area contributed by atoms with E-state index in [2.05, 4.69) is 9.55 Å². The number of nitrogens with two attached hydrogens (primary N) is 1. The first-order valence-electron chi connectivity index (χ1n) is 6.08. The molecule has 1 aromatic carbocycles. The Morgan fingerprint density at radius 1 is 1.53 bits per heavy atom. The number of imidazole rings is 1. The molecule has 1 unspecified atom stereocenters. The SMILES string of the molecule is Cc1nc2cc(N)ccc2n1CC1CCCO1. The van der Waals surface area contributed by atoms with Crippen LogP contribution in [0, 0.1) is 6.92 Å². The summed E-state index contributed by atoms with van der Waals surface area (Å²) in [6, 6.07) is 5.89. The molecule has 0 aliphatic carbocycles. The highest BCUT2D eigenvalue weighted by Gasteiger charge is 2.18. The minimum atomic E-state index is 0.337. The van der Waals surface area contributed by atoms with E-state index in [0.717, 1.165) is 42.1 Å². The van der Waals surface area contributed by atoms with Crippen LogP contribution >= 0.6 is 0 Å². The number of ether oxygens (including phenoxy) is 1. The zero-order valence-electron chi connectivity index (χ0n) is 10.0. The van der Waals surface area contributed by atoms with Gasteiger partial charge in [-0.15, -0.1) is 0 Å². The van der Waals surface area contributed by atoms with Gasteiger partial charge in [0.2, 0.25) is 0 Å². The summed E-state index contributed by atoms with van der Waals surface area (Å²) in [5, 5.41) is 0. The molecule has 90 valence electrons. The third-order valence-corrected chi connectivity index (χ3v) is 3.37. The van der Waals surface area contributed by atoms with Gasteiger partial charge in [0, 0.05) is 12.3 Å². The Hall–Kier alpha value is -1.55. The number of benzene rings is 1. The van der Waals surface area contributed by atoms with Crippen molar-refractivity contribution in [2.75, 3.05) is 12.3 Å². The molecular weight excluding hydrogens is 214 g/mol. The summed E-state index contributed by atoms with van der Waals surface area (Å²) in [5.74, 6) is 1.03. The van der Waals surface area contributed by atoms with Gasteiger partial charge in [-0.05, 0) is 38.0 Å². The highest BCUT2D eigenvalue weighted by molar-refractivity contribution is 5.79. The van der Waals surface area contributed by atoms with Crippen molar-refractivity contribution in [2.45, 2.75) is 32.4 Å². The van der Waals surface area contributed by atoms with Crippen LogP contribution in [0.3, 0.4) is 0 Å². The van der Waals surface area contributed by atoms with E-state index in [1.54, 1.807) is 0 Å². The molecule has 2 heterocycles. The molecule has 1 aliphatic heterocycles. The maximum Gasteiger partial charge on any atom is 0.106 e. The molecule has 0 amide bonds. The van der Waals surface area contributed by atoms with Gasteiger partial charge in [0.05, 0.1) is 23.7 Å². The van der Waals surface area contributed by atoms with E-state index >= 15 is 0 Å². The van der Waals surface area contributed by atoms with Crippen LogP contribution in [0.5, 0.6) is 0 Å². The molecular formula is C13H17N3O. The fourth-order valence-corrected chi connectivity index (χ4v) is 2.49. The molecule has 0 bridgehead atoms. The van der Waals surface area contributed by atoms with Crippen LogP contribution in [0.15, 0.2) is 18.2 Å². The van der Waals surface area contributed by atoms with Crippen LogP contribution < -0.4 is 5.73 Å². The van der Waals surface area contributed by atoms with Gasteiger partial charge < -0.3 is 15.0 Å². The molecule has 0 radical (unpaired) electrons. The second kappa shape index (κ2) is 4.04. The van der Waals surface area contributed by atoms with E-state index in [-0.39, 0.29) is 0 Å². The van der Waals surface area contributed by atoms with Crippen molar-refractivity contribution in [1.29, 1.82) is 0 Å².